The third kappa shape index (κ3) is 2.94. The number of nitrogens with zero attached hydrogens (tertiary/aromatic N) is 4. The Balaban J connectivity index is 1.78. The van der Waals surface area contributed by atoms with Crippen molar-refractivity contribution in [3.63, 3.8) is 0 Å². The van der Waals surface area contributed by atoms with E-state index in [0.29, 0.717) is 18.8 Å². The van der Waals surface area contributed by atoms with Gasteiger partial charge in [0.05, 0.1) is 17.4 Å². The van der Waals surface area contributed by atoms with Crippen LogP contribution in [0.15, 0.2) is 36.2 Å². The summed E-state index contributed by atoms with van der Waals surface area (Å²) in [7, 11) is 0. The van der Waals surface area contributed by atoms with Gasteiger partial charge in [-0.3, -0.25) is 9.69 Å². The van der Waals surface area contributed by atoms with Gasteiger partial charge >= 0.3 is 6.18 Å². The highest BCUT2D eigenvalue weighted by Gasteiger charge is 2.60. The number of pyridine rings is 1. The molecule has 1 amide bonds. The number of hydrogen-bond acceptors (Lipinski definition) is 4. The Morgan fingerprint density at radius 1 is 1.38 bits per heavy atom. The monoisotopic (exact) mass is 418 g/mol. The summed E-state index contributed by atoms with van der Waals surface area (Å²) in [5, 5.41) is 9.10. The lowest BCUT2D eigenvalue weighted by atomic mass is 9.75. The summed E-state index contributed by atoms with van der Waals surface area (Å²) >= 11 is 5.56. The van der Waals surface area contributed by atoms with E-state index in [2.05, 4.69) is 11.9 Å². The second-order valence-corrected chi connectivity index (χ2v) is 7.91. The predicted molar refractivity (Wildman–Crippen MR) is 103 cm³/mol. The van der Waals surface area contributed by atoms with Crippen LogP contribution in [-0.2, 0) is 11.0 Å². The Morgan fingerprint density at radius 3 is 2.62 bits per heavy atom. The van der Waals surface area contributed by atoms with Gasteiger partial charge in [-0.25, -0.2) is 4.98 Å². The van der Waals surface area contributed by atoms with Gasteiger partial charge in [0.1, 0.15) is 11.6 Å². The molecule has 2 heterocycles. The molecule has 3 aliphatic rings. The molecule has 1 spiro atoms. The zero-order valence-corrected chi connectivity index (χ0v) is 16.3. The summed E-state index contributed by atoms with van der Waals surface area (Å²) in [6.45, 7) is 2.07. The molecule has 1 aromatic heterocycles. The van der Waals surface area contributed by atoms with Crippen molar-refractivity contribution in [3.05, 3.63) is 47.4 Å². The molecular weight excluding hydrogens is 401 g/mol. The first kappa shape index (κ1) is 19.6. The summed E-state index contributed by atoms with van der Waals surface area (Å²) in [6, 6.07) is 2.23. The molecule has 5 nitrogen and oxygen atoms in total. The fraction of sp³-hybridized carbons (Fsp3) is 0.400. The molecule has 1 saturated heterocycles. The fourth-order valence-electron chi connectivity index (χ4n) is 3.97. The maximum Gasteiger partial charge on any atom is 0.419 e. The number of halogens is 3. The lowest BCUT2D eigenvalue weighted by molar-refractivity contribution is -0.138. The SMILES string of the molecule is CC1C=CC(N2C(=S)N(c3cnc(C#N)c(C(F)(F)F)c3)C(=O)C23CCC3)=CC1. The van der Waals surface area contributed by atoms with E-state index in [1.807, 2.05) is 18.2 Å². The minimum Gasteiger partial charge on any atom is -0.303 e. The van der Waals surface area contributed by atoms with E-state index in [1.165, 1.54) is 6.07 Å². The average Bonchev–Trinajstić information content (AvgIpc) is 2.88. The number of thiocarbonyl (C=S) groups is 1. The molecule has 0 aromatic carbocycles. The van der Waals surface area contributed by atoms with Crippen LogP contribution < -0.4 is 4.90 Å². The van der Waals surface area contributed by atoms with Gasteiger partial charge in [0.25, 0.3) is 5.91 Å². The highest BCUT2D eigenvalue weighted by atomic mass is 32.1. The average molecular weight is 418 g/mol. The van der Waals surface area contributed by atoms with Crippen molar-refractivity contribution in [1.82, 2.24) is 9.88 Å². The third-order valence-electron chi connectivity index (χ3n) is 5.69. The van der Waals surface area contributed by atoms with Gasteiger partial charge in [-0.1, -0.05) is 19.1 Å². The minimum atomic E-state index is -4.77. The topological polar surface area (TPSA) is 60.2 Å². The largest absolute Gasteiger partial charge is 0.419 e. The van der Waals surface area contributed by atoms with Crippen molar-refractivity contribution in [1.29, 1.82) is 5.26 Å². The number of anilines is 1. The molecular formula is C20H17F3N4OS. The van der Waals surface area contributed by atoms with Crippen molar-refractivity contribution in [3.8, 4) is 6.07 Å². The van der Waals surface area contributed by atoms with Crippen molar-refractivity contribution >= 4 is 28.9 Å². The molecule has 150 valence electrons. The van der Waals surface area contributed by atoms with E-state index in [1.54, 1.807) is 4.90 Å². The number of amides is 1. The molecule has 4 rings (SSSR count). The number of aromatic nitrogens is 1. The van der Waals surface area contributed by atoms with Gasteiger partial charge < -0.3 is 4.90 Å². The maximum absolute atomic E-state index is 13.4. The number of carbonyl (C=O) groups is 1. The number of nitriles is 1. The molecule has 1 atom stereocenters. The van der Waals surface area contributed by atoms with Crippen LogP contribution in [0.25, 0.3) is 0 Å². The van der Waals surface area contributed by atoms with Gasteiger partial charge in [0, 0.05) is 5.70 Å². The van der Waals surface area contributed by atoms with Crippen LogP contribution >= 0.6 is 12.2 Å². The van der Waals surface area contributed by atoms with Crippen LogP contribution in [0.5, 0.6) is 0 Å². The maximum atomic E-state index is 13.4. The van der Waals surface area contributed by atoms with Gasteiger partial charge in [-0.2, -0.15) is 18.4 Å². The summed E-state index contributed by atoms with van der Waals surface area (Å²) in [4.78, 5) is 19.9. The number of carbonyl (C=O) groups excluding carboxylic acids is 1. The summed E-state index contributed by atoms with van der Waals surface area (Å²) in [5.41, 5.74) is -2.06. The Morgan fingerprint density at radius 2 is 2.10 bits per heavy atom. The van der Waals surface area contributed by atoms with Crippen molar-refractivity contribution in [2.75, 3.05) is 4.90 Å². The van der Waals surface area contributed by atoms with Crippen LogP contribution in [0.4, 0.5) is 18.9 Å². The van der Waals surface area contributed by atoms with Crippen LogP contribution in [0, 0.1) is 17.2 Å². The first-order valence-corrected chi connectivity index (χ1v) is 9.64. The first-order chi connectivity index (χ1) is 13.7. The first-order valence-electron chi connectivity index (χ1n) is 9.23. The quantitative estimate of drug-likeness (QED) is 0.670. The standard InChI is InChI=1S/C20H17F3N4OS/c1-12-3-5-13(6-4-12)27-18(29)26(17(28)19(27)7-2-8-19)14-9-15(20(21,22)23)16(10-24)25-11-14/h3,5-6,9,11-12H,2,4,7-8H2,1H3. The van der Waals surface area contributed by atoms with E-state index >= 15 is 0 Å². The third-order valence-corrected chi connectivity index (χ3v) is 6.05. The van der Waals surface area contributed by atoms with Gasteiger partial charge in [0.15, 0.2) is 10.8 Å². The molecule has 9 heteroatoms. The Hall–Kier alpha value is -2.73. The van der Waals surface area contributed by atoms with Crippen molar-refractivity contribution in [2.24, 2.45) is 5.92 Å². The molecule has 2 fully saturated rings. The van der Waals surface area contributed by atoms with E-state index in [4.69, 9.17) is 17.5 Å². The highest BCUT2D eigenvalue weighted by Crippen LogP contribution is 2.48. The van der Waals surface area contributed by atoms with Gasteiger partial charge in [-0.05, 0) is 56.0 Å². The lowest BCUT2D eigenvalue weighted by Crippen LogP contribution is -2.54. The zero-order valence-electron chi connectivity index (χ0n) is 15.5. The summed E-state index contributed by atoms with van der Waals surface area (Å²) < 4.78 is 40.1. The van der Waals surface area contributed by atoms with Gasteiger partial charge in [-0.15, -0.1) is 0 Å². The van der Waals surface area contributed by atoms with E-state index in [-0.39, 0.29) is 16.7 Å². The molecule has 1 aliphatic heterocycles. The highest BCUT2D eigenvalue weighted by molar-refractivity contribution is 7.80. The molecule has 1 unspecified atom stereocenters. The number of hydrogen-bond donors (Lipinski definition) is 0. The fourth-order valence-corrected chi connectivity index (χ4v) is 4.44. The molecule has 0 bridgehead atoms. The number of allylic oxidation sites excluding steroid dienone is 3. The van der Waals surface area contributed by atoms with E-state index in [9.17, 15) is 18.0 Å². The Bertz CT molecular complexity index is 1000. The summed E-state index contributed by atoms with van der Waals surface area (Å²) in [6.07, 6.45) is 5.08. The van der Waals surface area contributed by atoms with E-state index in [0.717, 1.165) is 35.7 Å². The zero-order chi connectivity index (χ0) is 21.0. The second kappa shape index (κ2) is 6.66. The second-order valence-electron chi connectivity index (χ2n) is 7.54. The Kier molecular flexibility index (Phi) is 4.50. The van der Waals surface area contributed by atoms with Crippen LogP contribution in [0.3, 0.4) is 0 Å². The molecule has 1 aromatic rings. The number of alkyl halides is 3. The Labute approximate surface area is 171 Å². The van der Waals surface area contributed by atoms with Crippen LogP contribution in [0.1, 0.15) is 43.9 Å². The molecule has 1 saturated carbocycles. The molecule has 0 radical (unpaired) electrons. The lowest BCUT2D eigenvalue weighted by Gasteiger charge is -2.43. The van der Waals surface area contributed by atoms with Crippen LogP contribution in [0.2, 0.25) is 0 Å². The molecule has 2 aliphatic carbocycles. The summed E-state index contributed by atoms with van der Waals surface area (Å²) in [5.74, 6) is 0.0254. The van der Waals surface area contributed by atoms with Gasteiger partial charge in [0.2, 0.25) is 0 Å². The number of rotatable bonds is 2. The molecule has 29 heavy (non-hydrogen) atoms. The minimum absolute atomic E-state index is 0.0751. The smallest absolute Gasteiger partial charge is 0.303 e. The predicted octanol–water partition coefficient (Wildman–Crippen LogP) is 4.31. The van der Waals surface area contributed by atoms with E-state index < -0.39 is 23.0 Å². The van der Waals surface area contributed by atoms with Crippen molar-refractivity contribution in [2.45, 2.75) is 44.3 Å². The van der Waals surface area contributed by atoms with Crippen LogP contribution in [-0.4, -0.2) is 26.4 Å². The normalized spacial score (nSPS) is 23.3. The van der Waals surface area contributed by atoms with Crippen molar-refractivity contribution < 1.29 is 18.0 Å². The molecule has 0 N–H and O–H groups in total.